The van der Waals surface area contributed by atoms with Crippen molar-refractivity contribution in [3.63, 3.8) is 0 Å². The van der Waals surface area contributed by atoms with Gasteiger partial charge in [-0.25, -0.2) is 4.39 Å². The van der Waals surface area contributed by atoms with Crippen LogP contribution in [0.1, 0.15) is 19.5 Å². The number of aryl methyl sites for hydroxylation is 1. The summed E-state index contributed by atoms with van der Waals surface area (Å²) in [6.45, 7) is 4.00. The standard InChI is InChI=1S/C10H9FN2O2.C2H6/c1-13-9-4-6(11)2-3-7(9)8(12-13)5-10(14)15;1-2/h2-4H,5H2,1H3,(H,14,15);1-2H3. The molecule has 0 saturated carbocycles. The van der Waals surface area contributed by atoms with Crippen molar-refractivity contribution < 1.29 is 14.3 Å². The quantitative estimate of drug-likeness (QED) is 0.873. The zero-order valence-corrected chi connectivity index (χ0v) is 10.1. The van der Waals surface area contributed by atoms with Crippen molar-refractivity contribution in [2.75, 3.05) is 0 Å². The van der Waals surface area contributed by atoms with Crippen LogP contribution in [0.2, 0.25) is 0 Å². The first-order valence-corrected chi connectivity index (χ1v) is 5.41. The molecule has 2 rings (SSSR count). The zero-order chi connectivity index (χ0) is 13.0. The third kappa shape index (κ3) is 2.81. The highest BCUT2D eigenvalue weighted by atomic mass is 19.1. The predicted octanol–water partition coefficient (Wildman–Crippen LogP) is 2.37. The minimum Gasteiger partial charge on any atom is -0.481 e. The van der Waals surface area contributed by atoms with E-state index >= 15 is 0 Å². The van der Waals surface area contributed by atoms with Gasteiger partial charge in [-0.2, -0.15) is 5.10 Å². The number of aliphatic carboxylic acids is 1. The first kappa shape index (κ1) is 13.2. The normalized spacial score (nSPS) is 9.88. The summed E-state index contributed by atoms with van der Waals surface area (Å²) in [7, 11) is 1.66. The van der Waals surface area contributed by atoms with Crippen molar-refractivity contribution in [3.05, 3.63) is 29.7 Å². The van der Waals surface area contributed by atoms with E-state index in [2.05, 4.69) is 5.10 Å². The van der Waals surface area contributed by atoms with E-state index in [1.807, 2.05) is 13.8 Å². The van der Waals surface area contributed by atoms with E-state index in [0.717, 1.165) is 0 Å². The molecule has 0 radical (unpaired) electrons. The Labute approximate surface area is 98.7 Å². The maximum Gasteiger partial charge on any atom is 0.309 e. The molecule has 17 heavy (non-hydrogen) atoms. The predicted molar refractivity (Wildman–Crippen MR) is 63.4 cm³/mol. The molecular weight excluding hydrogens is 223 g/mol. The monoisotopic (exact) mass is 238 g/mol. The lowest BCUT2D eigenvalue weighted by Gasteiger charge is -1.93. The van der Waals surface area contributed by atoms with E-state index in [4.69, 9.17) is 5.11 Å². The van der Waals surface area contributed by atoms with Crippen molar-refractivity contribution in [2.24, 2.45) is 7.05 Å². The fraction of sp³-hybridized carbons (Fsp3) is 0.333. The van der Waals surface area contributed by atoms with Gasteiger partial charge < -0.3 is 5.11 Å². The Morgan fingerprint density at radius 1 is 1.47 bits per heavy atom. The maximum atomic E-state index is 12.9. The molecule has 92 valence electrons. The van der Waals surface area contributed by atoms with Crippen molar-refractivity contribution >= 4 is 16.9 Å². The average molecular weight is 238 g/mol. The van der Waals surface area contributed by atoms with E-state index in [1.165, 1.54) is 16.8 Å². The van der Waals surface area contributed by atoms with Crippen LogP contribution in [0.3, 0.4) is 0 Å². The third-order valence-corrected chi connectivity index (χ3v) is 2.21. The Bertz CT molecular complexity index is 535. The van der Waals surface area contributed by atoms with Gasteiger partial charge in [-0.1, -0.05) is 13.8 Å². The Morgan fingerprint density at radius 2 is 2.12 bits per heavy atom. The van der Waals surface area contributed by atoms with Crippen LogP contribution >= 0.6 is 0 Å². The zero-order valence-electron chi connectivity index (χ0n) is 10.1. The number of benzene rings is 1. The molecule has 0 fully saturated rings. The summed E-state index contributed by atoms with van der Waals surface area (Å²) in [6.07, 6.45) is -0.150. The van der Waals surface area contributed by atoms with E-state index in [1.54, 1.807) is 13.1 Å². The fourth-order valence-electron chi connectivity index (χ4n) is 1.58. The van der Waals surface area contributed by atoms with Crippen LogP contribution in [0.5, 0.6) is 0 Å². The molecule has 0 aliphatic carbocycles. The number of halogens is 1. The first-order chi connectivity index (χ1) is 8.08. The third-order valence-electron chi connectivity index (χ3n) is 2.21. The number of fused-ring (bicyclic) bond motifs is 1. The summed E-state index contributed by atoms with van der Waals surface area (Å²) < 4.78 is 14.4. The topological polar surface area (TPSA) is 55.1 Å². The van der Waals surface area contributed by atoms with Crippen molar-refractivity contribution in [1.29, 1.82) is 0 Å². The highest BCUT2D eigenvalue weighted by molar-refractivity contribution is 5.85. The highest BCUT2D eigenvalue weighted by Crippen LogP contribution is 2.19. The maximum absolute atomic E-state index is 12.9. The second-order valence-corrected chi connectivity index (χ2v) is 3.30. The minimum atomic E-state index is -0.945. The smallest absolute Gasteiger partial charge is 0.309 e. The van der Waals surface area contributed by atoms with Gasteiger partial charge >= 0.3 is 5.97 Å². The van der Waals surface area contributed by atoms with Gasteiger partial charge in [0.05, 0.1) is 17.6 Å². The summed E-state index contributed by atoms with van der Waals surface area (Å²) in [5, 5.41) is 13.4. The largest absolute Gasteiger partial charge is 0.481 e. The lowest BCUT2D eigenvalue weighted by atomic mass is 10.1. The highest BCUT2D eigenvalue weighted by Gasteiger charge is 2.11. The molecule has 4 nitrogen and oxygen atoms in total. The van der Waals surface area contributed by atoms with Crippen molar-refractivity contribution in [3.8, 4) is 0 Å². The van der Waals surface area contributed by atoms with Crippen LogP contribution in [0, 0.1) is 5.82 Å². The van der Waals surface area contributed by atoms with Crippen LogP contribution in [-0.2, 0) is 18.3 Å². The van der Waals surface area contributed by atoms with Crippen LogP contribution in [0.4, 0.5) is 4.39 Å². The lowest BCUT2D eigenvalue weighted by Crippen LogP contribution is -2.01. The Kier molecular flexibility index (Phi) is 4.20. The number of rotatable bonds is 2. The fourth-order valence-corrected chi connectivity index (χ4v) is 1.58. The summed E-state index contributed by atoms with van der Waals surface area (Å²) in [5.41, 5.74) is 1.06. The van der Waals surface area contributed by atoms with Crippen LogP contribution in [0.15, 0.2) is 18.2 Å². The Balaban J connectivity index is 0.000000686. The molecule has 2 aromatic rings. The molecule has 0 amide bonds. The minimum absolute atomic E-state index is 0.150. The van der Waals surface area contributed by atoms with Crippen LogP contribution < -0.4 is 0 Å². The Morgan fingerprint density at radius 3 is 2.71 bits per heavy atom. The summed E-state index contributed by atoms with van der Waals surface area (Å²) in [4.78, 5) is 10.6. The number of aromatic nitrogens is 2. The first-order valence-electron chi connectivity index (χ1n) is 5.41. The van der Waals surface area contributed by atoms with Gasteiger partial charge in [0.15, 0.2) is 0 Å². The molecule has 0 saturated heterocycles. The summed E-state index contributed by atoms with van der Waals surface area (Å²) in [5.74, 6) is -1.30. The summed E-state index contributed by atoms with van der Waals surface area (Å²) in [6, 6.07) is 4.19. The number of carboxylic acid groups (broad SMARTS) is 1. The second kappa shape index (κ2) is 5.43. The molecule has 0 atom stereocenters. The molecular formula is C12H15FN2O2. The molecule has 0 unspecified atom stereocenters. The van der Waals surface area contributed by atoms with Gasteiger partial charge in [0.25, 0.3) is 0 Å². The second-order valence-electron chi connectivity index (χ2n) is 3.30. The Hall–Kier alpha value is -1.91. The molecule has 1 N–H and O–H groups in total. The number of nitrogens with zero attached hydrogens (tertiary/aromatic N) is 2. The van der Waals surface area contributed by atoms with E-state index in [9.17, 15) is 9.18 Å². The van der Waals surface area contributed by atoms with Crippen molar-refractivity contribution in [1.82, 2.24) is 9.78 Å². The molecule has 1 heterocycles. The molecule has 0 aliphatic rings. The van der Waals surface area contributed by atoms with Crippen molar-refractivity contribution in [2.45, 2.75) is 20.3 Å². The molecule has 5 heteroatoms. The number of hydrogen-bond donors (Lipinski definition) is 1. The van der Waals surface area contributed by atoms with Crippen LogP contribution in [0.25, 0.3) is 10.9 Å². The summed E-state index contributed by atoms with van der Waals surface area (Å²) >= 11 is 0. The average Bonchev–Trinajstić information content (AvgIpc) is 2.57. The number of hydrogen-bond acceptors (Lipinski definition) is 2. The van der Waals surface area contributed by atoms with Gasteiger partial charge in [0.1, 0.15) is 5.82 Å². The molecule has 1 aromatic heterocycles. The van der Waals surface area contributed by atoms with Gasteiger partial charge in [-0.15, -0.1) is 0 Å². The molecule has 0 aliphatic heterocycles. The van der Waals surface area contributed by atoms with E-state index in [0.29, 0.717) is 16.6 Å². The SMILES string of the molecule is CC.Cn1nc(CC(=O)O)c2ccc(F)cc21. The van der Waals surface area contributed by atoms with Crippen LogP contribution in [-0.4, -0.2) is 20.9 Å². The molecule has 1 aromatic carbocycles. The van der Waals surface area contributed by atoms with Gasteiger partial charge in [-0.3, -0.25) is 9.48 Å². The number of carboxylic acids is 1. The van der Waals surface area contributed by atoms with Gasteiger partial charge in [0.2, 0.25) is 0 Å². The molecule has 0 bridgehead atoms. The van der Waals surface area contributed by atoms with E-state index < -0.39 is 5.97 Å². The van der Waals surface area contributed by atoms with Gasteiger partial charge in [-0.05, 0) is 18.2 Å². The number of carbonyl (C=O) groups is 1. The molecule has 0 spiro atoms. The lowest BCUT2D eigenvalue weighted by molar-refractivity contribution is -0.136. The van der Waals surface area contributed by atoms with E-state index in [-0.39, 0.29) is 12.2 Å². The van der Waals surface area contributed by atoms with Gasteiger partial charge in [0, 0.05) is 12.4 Å².